The SMILES string of the molecule is CC1(C)Cc2cccc(CN3CCN(C(=O)c4ccc(=O)[nH]c4)CC3)c2O1. The highest BCUT2D eigenvalue weighted by atomic mass is 16.5. The van der Waals surface area contributed by atoms with Crippen LogP contribution in [0.15, 0.2) is 41.3 Å². The predicted octanol–water partition coefficient (Wildman–Crippen LogP) is 2.05. The summed E-state index contributed by atoms with van der Waals surface area (Å²) < 4.78 is 6.17. The van der Waals surface area contributed by atoms with Gasteiger partial charge in [0, 0.05) is 57.0 Å². The number of amides is 1. The third kappa shape index (κ3) is 3.76. The Morgan fingerprint density at radius 2 is 1.93 bits per heavy atom. The Balaban J connectivity index is 1.38. The first kappa shape index (κ1) is 17.8. The molecule has 2 aliphatic heterocycles. The molecule has 0 radical (unpaired) electrons. The van der Waals surface area contributed by atoms with E-state index in [2.05, 4.69) is 41.9 Å². The van der Waals surface area contributed by atoms with Crippen LogP contribution in [0.5, 0.6) is 5.75 Å². The van der Waals surface area contributed by atoms with Crippen molar-refractivity contribution in [1.82, 2.24) is 14.8 Å². The maximum Gasteiger partial charge on any atom is 0.255 e. The van der Waals surface area contributed by atoms with E-state index in [-0.39, 0.29) is 17.1 Å². The average molecular weight is 367 g/mol. The van der Waals surface area contributed by atoms with Crippen molar-refractivity contribution in [3.8, 4) is 5.75 Å². The number of hydrogen-bond acceptors (Lipinski definition) is 4. The zero-order valence-corrected chi connectivity index (χ0v) is 15.8. The molecule has 6 nitrogen and oxygen atoms in total. The molecule has 4 rings (SSSR count). The molecule has 1 N–H and O–H groups in total. The van der Waals surface area contributed by atoms with Crippen LogP contribution in [-0.4, -0.2) is 52.5 Å². The van der Waals surface area contributed by atoms with E-state index in [0.717, 1.165) is 31.8 Å². The van der Waals surface area contributed by atoms with Crippen molar-refractivity contribution in [1.29, 1.82) is 0 Å². The number of carbonyl (C=O) groups excluding carboxylic acids is 1. The van der Waals surface area contributed by atoms with E-state index in [9.17, 15) is 9.59 Å². The molecule has 2 aromatic rings. The topological polar surface area (TPSA) is 65.6 Å². The van der Waals surface area contributed by atoms with Gasteiger partial charge in [0.15, 0.2) is 0 Å². The lowest BCUT2D eigenvalue weighted by Gasteiger charge is -2.35. The van der Waals surface area contributed by atoms with Crippen molar-refractivity contribution in [3.63, 3.8) is 0 Å². The van der Waals surface area contributed by atoms with E-state index in [1.165, 1.54) is 23.4 Å². The monoisotopic (exact) mass is 367 g/mol. The average Bonchev–Trinajstić information content (AvgIpc) is 2.97. The van der Waals surface area contributed by atoms with E-state index in [1.54, 1.807) is 6.07 Å². The van der Waals surface area contributed by atoms with Gasteiger partial charge in [-0.1, -0.05) is 18.2 Å². The van der Waals surface area contributed by atoms with Crippen molar-refractivity contribution in [2.75, 3.05) is 26.2 Å². The van der Waals surface area contributed by atoms with Crippen LogP contribution in [0.1, 0.15) is 35.3 Å². The number of nitrogens with one attached hydrogen (secondary N) is 1. The van der Waals surface area contributed by atoms with E-state index < -0.39 is 0 Å². The summed E-state index contributed by atoms with van der Waals surface area (Å²) in [6.45, 7) is 8.08. The summed E-state index contributed by atoms with van der Waals surface area (Å²) in [6, 6.07) is 9.36. The number of ether oxygens (including phenoxy) is 1. The molecule has 1 aromatic carbocycles. The number of fused-ring (bicyclic) bond motifs is 1. The van der Waals surface area contributed by atoms with Crippen molar-refractivity contribution in [2.45, 2.75) is 32.4 Å². The molecule has 27 heavy (non-hydrogen) atoms. The molecule has 3 heterocycles. The minimum absolute atomic E-state index is 0.0309. The van der Waals surface area contributed by atoms with Crippen molar-refractivity contribution >= 4 is 5.91 Å². The van der Waals surface area contributed by atoms with Gasteiger partial charge in [-0.3, -0.25) is 14.5 Å². The fraction of sp³-hybridized carbons (Fsp3) is 0.429. The molecule has 0 atom stereocenters. The van der Waals surface area contributed by atoms with Gasteiger partial charge >= 0.3 is 0 Å². The fourth-order valence-electron chi connectivity index (χ4n) is 3.88. The number of rotatable bonds is 3. The summed E-state index contributed by atoms with van der Waals surface area (Å²) in [5.74, 6) is 1.01. The molecule has 0 unspecified atom stereocenters. The number of aromatic amines is 1. The molecular formula is C21H25N3O3. The van der Waals surface area contributed by atoms with Gasteiger partial charge in [-0.2, -0.15) is 0 Å². The number of aromatic nitrogens is 1. The van der Waals surface area contributed by atoms with E-state index in [0.29, 0.717) is 18.7 Å². The summed E-state index contributed by atoms with van der Waals surface area (Å²) in [6.07, 6.45) is 2.43. The summed E-state index contributed by atoms with van der Waals surface area (Å²) in [7, 11) is 0. The first-order valence-electron chi connectivity index (χ1n) is 9.41. The summed E-state index contributed by atoms with van der Waals surface area (Å²) in [5.41, 5.74) is 2.69. The molecule has 1 aromatic heterocycles. The van der Waals surface area contributed by atoms with E-state index in [4.69, 9.17) is 4.74 Å². The first-order chi connectivity index (χ1) is 12.9. The molecular weight excluding hydrogens is 342 g/mol. The quantitative estimate of drug-likeness (QED) is 0.902. The lowest BCUT2D eigenvalue weighted by molar-refractivity contribution is 0.0624. The van der Waals surface area contributed by atoms with Crippen LogP contribution >= 0.6 is 0 Å². The molecule has 0 saturated carbocycles. The highest BCUT2D eigenvalue weighted by Gasteiger charge is 2.32. The number of carbonyl (C=O) groups is 1. The van der Waals surface area contributed by atoms with Crippen molar-refractivity contribution in [3.05, 3.63) is 63.6 Å². The number of H-pyrrole nitrogens is 1. The van der Waals surface area contributed by atoms with E-state index >= 15 is 0 Å². The lowest BCUT2D eigenvalue weighted by atomic mass is 10.0. The Kier molecular flexibility index (Phi) is 4.52. The molecule has 142 valence electrons. The molecule has 1 fully saturated rings. The normalized spacial score (nSPS) is 18.8. The zero-order chi connectivity index (χ0) is 19.0. The van der Waals surface area contributed by atoms with Crippen LogP contribution < -0.4 is 10.3 Å². The number of nitrogens with zero attached hydrogens (tertiary/aromatic N) is 2. The van der Waals surface area contributed by atoms with Gasteiger partial charge in [0.1, 0.15) is 11.4 Å². The van der Waals surface area contributed by atoms with Gasteiger partial charge in [0.25, 0.3) is 5.91 Å². The van der Waals surface area contributed by atoms with Crippen LogP contribution in [-0.2, 0) is 13.0 Å². The Morgan fingerprint density at radius 3 is 2.63 bits per heavy atom. The standard InChI is InChI=1S/C21H25N3O3/c1-21(2)12-15-4-3-5-17(19(15)27-21)14-23-8-10-24(11-9-23)20(26)16-6-7-18(25)22-13-16/h3-7,13H,8-12,14H2,1-2H3,(H,22,25). The highest BCUT2D eigenvalue weighted by Crippen LogP contribution is 2.38. The summed E-state index contributed by atoms with van der Waals surface area (Å²) in [4.78, 5) is 30.5. The Hall–Kier alpha value is -2.60. The fourth-order valence-corrected chi connectivity index (χ4v) is 3.88. The Morgan fingerprint density at radius 1 is 1.15 bits per heavy atom. The molecule has 0 aliphatic carbocycles. The first-order valence-corrected chi connectivity index (χ1v) is 9.41. The number of para-hydroxylation sites is 1. The number of pyridine rings is 1. The van der Waals surface area contributed by atoms with Crippen LogP contribution in [0.4, 0.5) is 0 Å². The maximum absolute atomic E-state index is 12.6. The van der Waals surface area contributed by atoms with Gasteiger partial charge in [-0.25, -0.2) is 0 Å². The summed E-state index contributed by atoms with van der Waals surface area (Å²) in [5, 5.41) is 0. The van der Waals surface area contributed by atoms with Crippen LogP contribution in [0.25, 0.3) is 0 Å². The maximum atomic E-state index is 12.6. The van der Waals surface area contributed by atoms with Gasteiger partial charge in [0.05, 0.1) is 5.56 Å². The highest BCUT2D eigenvalue weighted by molar-refractivity contribution is 5.93. The molecule has 2 aliphatic rings. The molecule has 1 saturated heterocycles. The lowest BCUT2D eigenvalue weighted by Crippen LogP contribution is -2.48. The van der Waals surface area contributed by atoms with Gasteiger partial charge < -0.3 is 14.6 Å². The second-order valence-corrected chi connectivity index (χ2v) is 7.95. The van der Waals surface area contributed by atoms with Crippen molar-refractivity contribution in [2.24, 2.45) is 0 Å². The van der Waals surface area contributed by atoms with Gasteiger partial charge in [-0.05, 0) is 25.5 Å². The van der Waals surface area contributed by atoms with Crippen molar-refractivity contribution < 1.29 is 9.53 Å². The Labute approximate surface area is 158 Å². The van der Waals surface area contributed by atoms with Crippen LogP contribution in [0, 0.1) is 0 Å². The number of benzene rings is 1. The van der Waals surface area contributed by atoms with Gasteiger partial charge in [-0.15, -0.1) is 0 Å². The van der Waals surface area contributed by atoms with Crippen LogP contribution in [0.2, 0.25) is 0 Å². The zero-order valence-electron chi connectivity index (χ0n) is 15.8. The van der Waals surface area contributed by atoms with Gasteiger partial charge in [0.2, 0.25) is 5.56 Å². The molecule has 0 bridgehead atoms. The smallest absolute Gasteiger partial charge is 0.255 e. The predicted molar refractivity (Wildman–Crippen MR) is 103 cm³/mol. The number of hydrogen-bond donors (Lipinski definition) is 1. The minimum Gasteiger partial charge on any atom is -0.487 e. The number of piperazine rings is 1. The molecule has 6 heteroatoms. The molecule has 0 spiro atoms. The van der Waals surface area contributed by atoms with Crippen LogP contribution in [0.3, 0.4) is 0 Å². The second-order valence-electron chi connectivity index (χ2n) is 7.95. The minimum atomic E-state index is -0.197. The molecule has 1 amide bonds. The summed E-state index contributed by atoms with van der Waals surface area (Å²) >= 11 is 0. The van der Waals surface area contributed by atoms with E-state index in [1.807, 2.05) is 4.90 Å². The third-order valence-corrected chi connectivity index (χ3v) is 5.26. The Bertz CT molecular complexity index is 891. The third-order valence-electron chi connectivity index (χ3n) is 5.26. The largest absolute Gasteiger partial charge is 0.487 e. The second kappa shape index (κ2) is 6.85.